The third kappa shape index (κ3) is 6.14. The normalized spacial score (nSPS) is 14.1. The van der Waals surface area contributed by atoms with E-state index in [0.717, 1.165) is 22.3 Å². The van der Waals surface area contributed by atoms with Crippen molar-refractivity contribution >= 4 is 18.0 Å². The molecule has 1 aliphatic carbocycles. The molecule has 0 aromatic heterocycles. The number of benzene rings is 2. The highest BCUT2D eigenvalue weighted by molar-refractivity contribution is 5.86. The molecule has 0 aliphatic heterocycles. The van der Waals surface area contributed by atoms with Crippen LogP contribution in [0, 0.1) is 11.8 Å². The number of carboxylic acid groups (broad SMARTS) is 1. The van der Waals surface area contributed by atoms with Crippen molar-refractivity contribution in [3.63, 3.8) is 0 Å². The Balaban J connectivity index is 1.59. The fraction of sp³-hybridized carbons (Fsp3) is 0.423. The molecule has 0 saturated heterocycles. The van der Waals surface area contributed by atoms with Gasteiger partial charge in [0.2, 0.25) is 5.91 Å². The first-order valence-electron chi connectivity index (χ1n) is 11.4. The Morgan fingerprint density at radius 2 is 1.59 bits per heavy atom. The van der Waals surface area contributed by atoms with Crippen LogP contribution < -0.4 is 10.6 Å². The van der Waals surface area contributed by atoms with Gasteiger partial charge in [0.15, 0.2) is 0 Å². The maximum Gasteiger partial charge on any atom is 0.407 e. The van der Waals surface area contributed by atoms with E-state index < -0.39 is 29.9 Å². The lowest BCUT2D eigenvalue weighted by atomic mass is 9.97. The summed E-state index contributed by atoms with van der Waals surface area (Å²) in [5.74, 6) is -2.12. The fourth-order valence-electron chi connectivity index (χ4n) is 4.32. The highest BCUT2D eigenvalue weighted by atomic mass is 16.5. The van der Waals surface area contributed by atoms with E-state index >= 15 is 0 Å². The average molecular weight is 469 g/mol. The second kappa shape index (κ2) is 11.7. The molecule has 2 atom stereocenters. The first kappa shape index (κ1) is 25.2. The summed E-state index contributed by atoms with van der Waals surface area (Å²) in [7, 11) is 1.42. The molecule has 2 unspecified atom stereocenters. The monoisotopic (exact) mass is 468 g/mol. The number of aliphatic carboxylic acids is 1. The van der Waals surface area contributed by atoms with Gasteiger partial charge in [-0.3, -0.25) is 9.59 Å². The number of hydrogen-bond acceptors (Lipinski definition) is 5. The number of rotatable bonds is 11. The Kier molecular flexibility index (Phi) is 8.65. The third-order valence-corrected chi connectivity index (χ3v) is 5.91. The molecule has 2 aromatic carbocycles. The van der Waals surface area contributed by atoms with Crippen molar-refractivity contribution < 1.29 is 29.0 Å². The molecule has 8 heteroatoms. The number of carbonyl (C=O) groups excluding carboxylic acids is 2. The van der Waals surface area contributed by atoms with Gasteiger partial charge in [-0.2, -0.15) is 0 Å². The molecule has 0 radical (unpaired) electrons. The van der Waals surface area contributed by atoms with Crippen LogP contribution in [0.3, 0.4) is 0 Å². The largest absolute Gasteiger partial charge is 0.481 e. The maximum atomic E-state index is 12.6. The van der Waals surface area contributed by atoms with Gasteiger partial charge in [-0.25, -0.2) is 4.79 Å². The molecule has 8 nitrogen and oxygen atoms in total. The number of alkyl carbamates (subject to hydrolysis) is 1. The number of carbonyl (C=O) groups is 3. The number of carboxylic acids is 1. The van der Waals surface area contributed by atoms with Crippen LogP contribution in [-0.2, 0) is 19.1 Å². The SMILES string of the molecule is COCC(NC(=O)OCC1c2ccccc2-c2ccccc21)C(=O)NCC(CC(C)C)C(=O)O. The molecular formula is C26H32N2O6. The van der Waals surface area contributed by atoms with Gasteiger partial charge in [0.25, 0.3) is 0 Å². The molecule has 0 heterocycles. The minimum atomic E-state index is -1.01. The Hall–Kier alpha value is -3.39. The lowest BCUT2D eigenvalue weighted by molar-refractivity contribution is -0.142. The van der Waals surface area contributed by atoms with E-state index in [2.05, 4.69) is 22.8 Å². The molecule has 2 amide bonds. The van der Waals surface area contributed by atoms with E-state index in [1.807, 2.05) is 50.2 Å². The molecule has 34 heavy (non-hydrogen) atoms. The molecule has 182 valence electrons. The third-order valence-electron chi connectivity index (χ3n) is 5.91. The van der Waals surface area contributed by atoms with Gasteiger partial charge < -0.3 is 25.2 Å². The van der Waals surface area contributed by atoms with Crippen LogP contribution in [-0.4, -0.2) is 56.0 Å². The fourth-order valence-corrected chi connectivity index (χ4v) is 4.32. The Morgan fingerprint density at radius 1 is 1.00 bits per heavy atom. The predicted molar refractivity (Wildman–Crippen MR) is 127 cm³/mol. The zero-order chi connectivity index (χ0) is 24.7. The highest BCUT2D eigenvalue weighted by Gasteiger charge is 2.30. The second-order valence-electron chi connectivity index (χ2n) is 8.89. The van der Waals surface area contributed by atoms with Crippen LogP contribution in [0.1, 0.15) is 37.3 Å². The smallest absolute Gasteiger partial charge is 0.407 e. The van der Waals surface area contributed by atoms with E-state index in [1.165, 1.54) is 7.11 Å². The molecule has 0 spiro atoms. The van der Waals surface area contributed by atoms with Gasteiger partial charge in [-0.1, -0.05) is 62.4 Å². The van der Waals surface area contributed by atoms with Gasteiger partial charge in [-0.15, -0.1) is 0 Å². The maximum absolute atomic E-state index is 12.6. The standard InChI is InChI=1S/C26H32N2O6/c1-16(2)12-17(25(30)31)13-27-24(29)23(15-33-3)28-26(32)34-14-22-20-10-6-4-8-18(20)19-9-5-7-11-21(19)22/h4-11,16-17,22-23H,12-15H2,1-3H3,(H,27,29)(H,28,32)(H,30,31). The van der Waals surface area contributed by atoms with Gasteiger partial charge in [-0.05, 0) is 34.6 Å². The van der Waals surface area contributed by atoms with Crippen LogP contribution >= 0.6 is 0 Å². The van der Waals surface area contributed by atoms with Crippen molar-refractivity contribution in [2.24, 2.45) is 11.8 Å². The average Bonchev–Trinajstić information content (AvgIpc) is 3.13. The van der Waals surface area contributed by atoms with Crippen LogP contribution in [0.5, 0.6) is 0 Å². The summed E-state index contributed by atoms with van der Waals surface area (Å²) in [6.07, 6.45) is -0.305. The Labute approximate surface area is 199 Å². The van der Waals surface area contributed by atoms with Crippen LogP contribution in [0.4, 0.5) is 4.79 Å². The number of amides is 2. The van der Waals surface area contributed by atoms with Gasteiger partial charge in [0.1, 0.15) is 12.6 Å². The summed E-state index contributed by atoms with van der Waals surface area (Å²) in [5, 5.41) is 14.5. The lowest BCUT2D eigenvalue weighted by Crippen LogP contribution is -2.50. The van der Waals surface area contributed by atoms with Crippen molar-refractivity contribution in [2.75, 3.05) is 26.9 Å². The second-order valence-corrected chi connectivity index (χ2v) is 8.89. The highest BCUT2D eigenvalue weighted by Crippen LogP contribution is 2.44. The van der Waals surface area contributed by atoms with Crippen molar-refractivity contribution in [1.82, 2.24) is 10.6 Å². The van der Waals surface area contributed by atoms with E-state index in [1.54, 1.807) is 0 Å². The zero-order valence-electron chi connectivity index (χ0n) is 19.7. The van der Waals surface area contributed by atoms with Crippen molar-refractivity contribution in [2.45, 2.75) is 32.2 Å². The van der Waals surface area contributed by atoms with E-state index in [9.17, 15) is 19.5 Å². The summed E-state index contributed by atoms with van der Waals surface area (Å²) in [5.41, 5.74) is 4.43. The van der Waals surface area contributed by atoms with Crippen molar-refractivity contribution in [3.8, 4) is 11.1 Å². The van der Waals surface area contributed by atoms with E-state index in [0.29, 0.717) is 6.42 Å². The first-order valence-corrected chi connectivity index (χ1v) is 11.4. The molecule has 1 aliphatic rings. The van der Waals surface area contributed by atoms with Gasteiger partial charge in [0.05, 0.1) is 12.5 Å². The van der Waals surface area contributed by atoms with Crippen LogP contribution in [0.15, 0.2) is 48.5 Å². The Bertz CT molecular complexity index is 976. The summed E-state index contributed by atoms with van der Waals surface area (Å²) >= 11 is 0. The van der Waals surface area contributed by atoms with Gasteiger partial charge >= 0.3 is 12.1 Å². The quantitative estimate of drug-likeness (QED) is 0.466. The minimum absolute atomic E-state index is 0.0288. The summed E-state index contributed by atoms with van der Waals surface area (Å²) in [4.78, 5) is 36.6. The van der Waals surface area contributed by atoms with E-state index in [4.69, 9.17) is 9.47 Å². The zero-order valence-corrected chi connectivity index (χ0v) is 19.7. The van der Waals surface area contributed by atoms with E-state index in [-0.39, 0.29) is 31.6 Å². The molecule has 0 bridgehead atoms. The first-order chi connectivity index (χ1) is 16.3. The lowest BCUT2D eigenvalue weighted by Gasteiger charge is -2.21. The Morgan fingerprint density at radius 3 is 2.12 bits per heavy atom. The summed E-state index contributed by atoms with van der Waals surface area (Å²) in [6, 6.07) is 15.0. The van der Waals surface area contributed by atoms with Crippen molar-refractivity contribution in [3.05, 3.63) is 59.7 Å². The van der Waals surface area contributed by atoms with Gasteiger partial charge in [0, 0.05) is 19.6 Å². The molecule has 0 saturated carbocycles. The number of hydrogen-bond donors (Lipinski definition) is 3. The summed E-state index contributed by atoms with van der Waals surface area (Å²) < 4.78 is 10.6. The van der Waals surface area contributed by atoms with Crippen LogP contribution in [0.25, 0.3) is 11.1 Å². The van der Waals surface area contributed by atoms with Crippen LogP contribution in [0.2, 0.25) is 0 Å². The molecular weight excluding hydrogens is 436 g/mol. The summed E-state index contributed by atoms with van der Waals surface area (Å²) in [6.45, 7) is 3.86. The molecule has 2 aromatic rings. The molecule has 3 rings (SSSR count). The minimum Gasteiger partial charge on any atom is -0.481 e. The number of ether oxygens (including phenoxy) is 2. The molecule has 0 fully saturated rings. The molecule has 3 N–H and O–H groups in total. The van der Waals surface area contributed by atoms with Crippen molar-refractivity contribution in [1.29, 1.82) is 0 Å². The predicted octanol–water partition coefficient (Wildman–Crippen LogP) is 3.40. The number of nitrogens with one attached hydrogen (secondary N) is 2. The number of methoxy groups -OCH3 is 1. The number of fused-ring (bicyclic) bond motifs is 3. The topological polar surface area (TPSA) is 114 Å².